The molecular weight excluding hydrogens is 260 g/mol. The second-order valence-electron chi connectivity index (χ2n) is 3.87. The highest BCUT2D eigenvalue weighted by Crippen LogP contribution is 2.24. The third-order valence-electron chi connectivity index (χ3n) is 2.63. The normalized spacial score (nSPS) is 12.0. The van der Waals surface area contributed by atoms with Crippen molar-refractivity contribution < 1.29 is 14.8 Å². The Balaban J connectivity index is 3.17. The van der Waals surface area contributed by atoms with Gasteiger partial charge in [0.05, 0.1) is 17.6 Å². The quantitative estimate of drug-likeness (QED) is 0.668. The number of nitro groups is 1. The zero-order valence-corrected chi connectivity index (χ0v) is 10.7. The number of carbonyl (C=O) groups is 1. The van der Waals surface area contributed by atoms with Gasteiger partial charge in [0.25, 0.3) is 11.6 Å². The minimum absolute atomic E-state index is 0.0489. The maximum absolute atomic E-state index is 12.0. The first-order valence-electron chi connectivity index (χ1n) is 5.20. The molecule has 0 radical (unpaired) electrons. The number of rotatable bonds is 4. The van der Waals surface area contributed by atoms with Crippen molar-refractivity contribution in [3.05, 3.63) is 38.9 Å². The molecule has 0 saturated carbocycles. The van der Waals surface area contributed by atoms with E-state index in [0.29, 0.717) is 0 Å². The topological polar surface area (TPSA) is 83.7 Å². The van der Waals surface area contributed by atoms with E-state index in [1.165, 1.54) is 24.1 Å². The lowest BCUT2D eigenvalue weighted by Gasteiger charge is -2.23. The summed E-state index contributed by atoms with van der Waals surface area (Å²) >= 11 is 5.67. The number of hydrogen-bond acceptors (Lipinski definition) is 4. The van der Waals surface area contributed by atoms with Gasteiger partial charge in [-0.05, 0) is 19.1 Å². The molecular formula is C11H13ClN2O4. The van der Waals surface area contributed by atoms with Crippen LogP contribution in [0.5, 0.6) is 0 Å². The van der Waals surface area contributed by atoms with Crippen molar-refractivity contribution in [1.82, 2.24) is 4.90 Å². The van der Waals surface area contributed by atoms with Gasteiger partial charge in [-0.25, -0.2) is 0 Å². The zero-order valence-electron chi connectivity index (χ0n) is 9.96. The van der Waals surface area contributed by atoms with Gasteiger partial charge in [0, 0.05) is 18.1 Å². The Hall–Kier alpha value is -1.66. The van der Waals surface area contributed by atoms with E-state index in [4.69, 9.17) is 16.7 Å². The fraction of sp³-hybridized carbons (Fsp3) is 0.364. The number of likely N-dealkylation sites (N-methyl/N-ethyl adjacent to an activating group) is 1. The Morgan fingerprint density at radius 2 is 2.22 bits per heavy atom. The van der Waals surface area contributed by atoms with Crippen LogP contribution in [0.15, 0.2) is 18.2 Å². The van der Waals surface area contributed by atoms with E-state index in [0.717, 1.165) is 6.07 Å². The van der Waals surface area contributed by atoms with E-state index in [1.54, 1.807) is 6.92 Å². The molecule has 7 heteroatoms. The Kier molecular flexibility index (Phi) is 4.63. The van der Waals surface area contributed by atoms with E-state index >= 15 is 0 Å². The smallest absolute Gasteiger partial charge is 0.283 e. The van der Waals surface area contributed by atoms with Crippen LogP contribution in [-0.4, -0.2) is 40.5 Å². The van der Waals surface area contributed by atoms with Gasteiger partial charge in [0.2, 0.25) is 0 Å². The van der Waals surface area contributed by atoms with Gasteiger partial charge in [-0.2, -0.15) is 0 Å². The molecule has 1 N–H and O–H groups in total. The second-order valence-corrected chi connectivity index (χ2v) is 4.30. The highest BCUT2D eigenvalue weighted by atomic mass is 35.5. The van der Waals surface area contributed by atoms with Crippen LogP contribution in [0, 0.1) is 10.1 Å². The van der Waals surface area contributed by atoms with Crippen molar-refractivity contribution in [2.45, 2.75) is 13.0 Å². The summed E-state index contributed by atoms with van der Waals surface area (Å²) in [5, 5.41) is 20.0. The Morgan fingerprint density at radius 1 is 1.61 bits per heavy atom. The number of aliphatic hydroxyl groups excluding tert-OH is 1. The molecule has 1 aromatic carbocycles. The van der Waals surface area contributed by atoms with Crippen molar-refractivity contribution in [3.8, 4) is 0 Å². The van der Waals surface area contributed by atoms with Crippen LogP contribution >= 0.6 is 11.6 Å². The lowest BCUT2D eigenvalue weighted by molar-refractivity contribution is -0.385. The van der Waals surface area contributed by atoms with Gasteiger partial charge >= 0.3 is 0 Å². The van der Waals surface area contributed by atoms with Crippen LogP contribution in [0.2, 0.25) is 5.02 Å². The molecule has 1 amide bonds. The number of carbonyl (C=O) groups excluding carboxylic acids is 1. The minimum atomic E-state index is -0.656. The molecule has 18 heavy (non-hydrogen) atoms. The average Bonchev–Trinajstić information content (AvgIpc) is 2.35. The van der Waals surface area contributed by atoms with Gasteiger partial charge in [-0.15, -0.1) is 0 Å². The van der Waals surface area contributed by atoms with Crippen LogP contribution in [0.25, 0.3) is 0 Å². The van der Waals surface area contributed by atoms with Gasteiger partial charge < -0.3 is 10.0 Å². The molecule has 0 aliphatic heterocycles. The molecule has 0 aliphatic rings. The Labute approximate surface area is 109 Å². The standard InChI is InChI=1S/C11H13ClN2O4/c1-7(6-15)13(2)11(16)9-4-3-8(12)5-10(9)14(17)18/h3-5,7,15H,6H2,1-2H3. The first-order valence-corrected chi connectivity index (χ1v) is 5.58. The molecule has 6 nitrogen and oxygen atoms in total. The number of halogens is 1. The molecule has 0 aromatic heterocycles. The molecule has 0 saturated heterocycles. The lowest BCUT2D eigenvalue weighted by Crippen LogP contribution is -2.37. The highest BCUT2D eigenvalue weighted by molar-refractivity contribution is 6.31. The summed E-state index contributed by atoms with van der Waals surface area (Å²) in [6, 6.07) is 3.43. The fourth-order valence-corrected chi connectivity index (χ4v) is 1.52. The average molecular weight is 273 g/mol. The third-order valence-corrected chi connectivity index (χ3v) is 2.87. The van der Waals surface area contributed by atoms with Crippen molar-refractivity contribution in [2.75, 3.05) is 13.7 Å². The third kappa shape index (κ3) is 2.96. The predicted octanol–water partition coefficient (Wildman–Crippen LogP) is 1.70. The maximum atomic E-state index is 12.0. The monoisotopic (exact) mass is 272 g/mol. The molecule has 1 unspecified atom stereocenters. The first-order chi connectivity index (χ1) is 8.38. The SMILES string of the molecule is CC(CO)N(C)C(=O)c1ccc(Cl)cc1[N+](=O)[O-]. The Bertz CT molecular complexity index is 478. The highest BCUT2D eigenvalue weighted by Gasteiger charge is 2.25. The van der Waals surface area contributed by atoms with Gasteiger partial charge in [-0.1, -0.05) is 11.6 Å². The molecule has 0 heterocycles. The summed E-state index contributed by atoms with van der Waals surface area (Å²) in [5.41, 5.74) is -0.392. The van der Waals surface area contributed by atoms with E-state index in [-0.39, 0.29) is 22.9 Å². The van der Waals surface area contributed by atoms with Gasteiger partial charge in [0.15, 0.2) is 0 Å². The van der Waals surface area contributed by atoms with Gasteiger partial charge in [0.1, 0.15) is 5.56 Å². The second kappa shape index (κ2) is 5.79. The predicted molar refractivity (Wildman–Crippen MR) is 66.7 cm³/mol. The van der Waals surface area contributed by atoms with Crippen LogP contribution < -0.4 is 0 Å². The number of nitro benzene ring substituents is 1. The zero-order chi connectivity index (χ0) is 13.9. The molecule has 1 atom stereocenters. The van der Waals surface area contributed by atoms with Crippen molar-refractivity contribution in [3.63, 3.8) is 0 Å². The lowest BCUT2D eigenvalue weighted by atomic mass is 10.1. The number of aliphatic hydroxyl groups is 1. The molecule has 0 aliphatic carbocycles. The van der Waals surface area contributed by atoms with Crippen LogP contribution in [0.4, 0.5) is 5.69 Å². The molecule has 98 valence electrons. The van der Waals surface area contributed by atoms with E-state index < -0.39 is 16.9 Å². The minimum Gasteiger partial charge on any atom is -0.394 e. The van der Waals surface area contributed by atoms with Crippen LogP contribution in [0.1, 0.15) is 17.3 Å². The summed E-state index contributed by atoms with van der Waals surface area (Å²) < 4.78 is 0. The van der Waals surface area contributed by atoms with Crippen molar-refractivity contribution >= 4 is 23.2 Å². The summed E-state index contributed by atoms with van der Waals surface area (Å²) in [6.07, 6.45) is 0. The summed E-state index contributed by atoms with van der Waals surface area (Å²) in [4.78, 5) is 23.5. The molecule has 1 aromatic rings. The fourth-order valence-electron chi connectivity index (χ4n) is 1.35. The van der Waals surface area contributed by atoms with Gasteiger partial charge in [-0.3, -0.25) is 14.9 Å². The van der Waals surface area contributed by atoms with E-state index in [1.807, 2.05) is 0 Å². The number of nitrogens with zero attached hydrogens (tertiary/aromatic N) is 2. The van der Waals surface area contributed by atoms with E-state index in [9.17, 15) is 14.9 Å². The maximum Gasteiger partial charge on any atom is 0.283 e. The number of amides is 1. The Morgan fingerprint density at radius 3 is 2.72 bits per heavy atom. The molecule has 1 rings (SSSR count). The number of benzene rings is 1. The molecule has 0 fully saturated rings. The summed E-state index contributed by atoms with van der Waals surface area (Å²) in [5.74, 6) is -0.528. The molecule has 0 bridgehead atoms. The number of hydrogen-bond donors (Lipinski definition) is 1. The van der Waals surface area contributed by atoms with Crippen LogP contribution in [0.3, 0.4) is 0 Å². The molecule has 0 spiro atoms. The largest absolute Gasteiger partial charge is 0.394 e. The first kappa shape index (κ1) is 14.4. The van der Waals surface area contributed by atoms with E-state index in [2.05, 4.69) is 0 Å². The van der Waals surface area contributed by atoms with Crippen LogP contribution in [-0.2, 0) is 0 Å². The van der Waals surface area contributed by atoms with Crippen molar-refractivity contribution in [1.29, 1.82) is 0 Å². The van der Waals surface area contributed by atoms with Crippen molar-refractivity contribution in [2.24, 2.45) is 0 Å². The summed E-state index contributed by atoms with van der Waals surface area (Å²) in [7, 11) is 1.47. The summed E-state index contributed by atoms with van der Waals surface area (Å²) in [6.45, 7) is 1.42.